The maximum atomic E-state index is 6.16. The summed E-state index contributed by atoms with van der Waals surface area (Å²) in [5, 5.41) is 1.40. The lowest BCUT2D eigenvalue weighted by Crippen LogP contribution is -2.00. The number of rotatable bonds is 6. The van der Waals surface area contributed by atoms with Gasteiger partial charge < -0.3 is 9.47 Å². The molecular formula is C22H18Cl2INO2. The Kier molecular flexibility index (Phi) is 7.21. The van der Waals surface area contributed by atoms with Gasteiger partial charge in [-0.25, -0.2) is 0 Å². The summed E-state index contributed by atoms with van der Waals surface area (Å²) in [5.41, 5.74) is 3.73. The van der Waals surface area contributed by atoms with Crippen LogP contribution in [-0.4, -0.2) is 13.3 Å². The first-order chi connectivity index (χ1) is 13.5. The molecule has 3 nitrogen and oxygen atoms in total. The van der Waals surface area contributed by atoms with Crippen molar-refractivity contribution in [2.45, 2.75) is 13.5 Å². The third-order valence-electron chi connectivity index (χ3n) is 4.14. The van der Waals surface area contributed by atoms with Crippen molar-refractivity contribution >= 4 is 57.7 Å². The highest BCUT2D eigenvalue weighted by atomic mass is 127. The predicted octanol–water partition coefficient (Wildman–Crippen LogP) is 7.24. The van der Waals surface area contributed by atoms with E-state index in [1.54, 1.807) is 13.3 Å². The number of ether oxygens (including phenoxy) is 2. The molecule has 0 aromatic heterocycles. The predicted molar refractivity (Wildman–Crippen MR) is 125 cm³/mol. The lowest BCUT2D eigenvalue weighted by Gasteiger charge is -2.13. The van der Waals surface area contributed by atoms with Crippen LogP contribution in [0.3, 0.4) is 0 Å². The second-order valence-electron chi connectivity index (χ2n) is 6.09. The number of aliphatic imine (C=N–C) groups is 1. The summed E-state index contributed by atoms with van der Waals surface area (Å²) in [6.45, 7) is 2.38. The fourth-order valence-electron chi connectivity index (χ4n) is 2.57. The summed E-state index contributed by atoms with van der Waals surface area (Å²) >= 11 is 14.3. The number of nitrogens with zero attached hydrogens (tertiary/aromatic N) is 1. The van der Waals surface area contributed by atoms with Gasteiger partial charge in [-0.2, -0.15) is 0 Å². The van der Waals surface area contributed by atoms with Gasteiger partial charge in [0.1, 0.15) is 6.61 Å². The molecule has 3 aromatic rings. The maximum Gasteiger partial charge on any atom is 0.174 e. The van der Waals surface area contributed by atoms with Gasteiger partial charge in [0.15, 0.2) is 11.5 Å². The van der Waals surface area contributed by atoms with Crippen molar-refractivity contribution in [3.63, 3.8) is 0 Å². The quantitative estimate of drug-likeness (QED) is 0.251. The standard InChI is InChI=1S/C22H18Cl2INO2/c1-14-18(24)4-3-5-20(14)26-12-16-10-19(25)22(21(11-16)27-2)28-13-15-6-8-17(23)9-7-15/h3-12H,13H2,1-2H3. The van der Waals surface area contributed by atoms with Crippen LogP contribution in [0.4, 0.5) is 5.69 Å². The highest BCUT2D eigenvalue weighted by molar-refractivity contribution is 14.1. The van der Waals surface area contributed by atoms with Crippen LogP contribution in [0.5, 0.6) is 11.5 Å². The van der Waals surface area contributed by atoms with Gasteiger partial charge in [-0.15, -0.1) is 0 Å². The summed E-state index contributed by atoms with van der Waals surface area (Å²) in [7, 11) is 1.63. The Morgan fingerprint density at radius 1 is 1.07 bits per heavy atom. The zero-order valence-corrected chi connectivity index (χ0v) is 19.0. The molecule has 0 bridgehead atoms. The van der Waals surface area contributed by atoms with Crippen molar-refractivity contribution in [2.24, 2.45) is 4.99 Å². The van der Waals surface area contributed by atoms with E-state index in [9.17, 15) is 0 Å². The van der Waals surface area contributed by atoms with Crippen LogP contribution in [0.2, 0.25) is 10.0 Å². The minimum atomic E-state index is 0.429. The van der Waals surface area contributed by atoms with E-state index in [4.69, 9.17) is 32.7 Å². The second kappa shape index (κ2) is 9.63. The molecular weight excluding hydrogens is 508 g/mol. The fraction of sp³-hybridized carbons (Fsp3) is 0.136. The lowest BCUT2D eigenvalue weighted by molar-refractivity contribution is 0.282. The van der Waals surface area contributed by atoms with E-state index in [0.717, 1.165) is 25.9 Å². The Morgan fingerprint density at radius 3 is 2.54 bits per heavy atom. The molecule has 0 saturated carbocycles. The Hall–Kier alpha value is -1.76. The SMILES string of the molecule is COc1cc(C=Nc2cccc(Cl)c2C)cc(I)c1OCc1ccc(Cl)cc1. The highest BCUT2D eigenvalue weighted by Gasteiger charge is 2.12. The van der Waals surface area contributed by atoms with Crippen LogP contribution in [0.25, 0.3) is 0 Å². The zero-order valence-electron chi connectivity index (χ0n) is 15.4. The molecule has 0 aliphatic carbocycles. The van der Waals surface area contributed by atoms with E-state index in [0.29, 0.717) is 28.2 Å². The third-order valence-corrected chi connectivity index (χ3v) is 5.60. The third kappa shape index (κ3) is 5.19. The van der Waals surface area contributed by atoms with Gasteiger partial charge >= 0.3 is 0 Å². The molecule has 0 unspecified atom stereocenters. The molecule has 0 aliphatic heterocycles. The largest absolute Gasteiger partial charge is 0.493 e. The van der Waals surface area contributed by atoms with Gasteiger partial charge in [0.25, 0.3) is 0 Å². The number of methoxy groups -OCH3 is 1. The number of halogens is 3. The minimum absolute atomic E-state index is 0.429. The first-order valence-corrected chi connectivity index (χ1v) is 10.4. The van der Waals surface area contributed by atoms with Crippen LogP contribution < -0.4 is 9.47 Å². The Bertz CT molecular complexity index is 1000. The van der Waals surface area contributed by atoms with Crippen molar-refractivity contribution in [3.8, 4) is 11.5 Å². The van der Waals surface area contributed by atoms with Crippen LogP contribution in [0, 0.1) is 10.5 Å². The molecule has 28 heavy (non-hydrogen) atoms. The number of hydrogen-bond acceptors (Lipinski definition) is 3. The molecule has 0 atom stereocenters. The fourth-order valence-corrected chi connectivity index (χ4v) is 3.65. The molecule has 0 heterocycles. The van der Waals surface area contributed by atoms with Crippen molar-refractivity contribution in [1.29, 1.82) is 0 Å². The summed E-state index contributed by atoms with van der Waals surface area (Å²) in [4.78, 5) is 4.56. The van der Waals surface area contributed by atoms with Gasteiger partial charge in [-0.05, 0) is 82.6 Å². The van der Waals surface area contributed by atoms with Crippen molar-refractivity contribution in [3.05, 3.63) is 84.9 Å². The molecule has 144 valence electrons. The van der Waals surface area contributed by atoms with E-state index in [1.165, 1.54) is 0 Å². The van der Waals surface area contributed by atoms with E-state index in [1.807, 2.05) is 61.5 Å². The van der Waals surface area contributed by atoms with E-state index in [2.05, 4.69) is 27.6 Å². The summed E-state index contributed by atoms with van der Waals surface area (Å²) in [6, 6.07) is 17.2. The molecule has 6 heteroatoms. The van der Waals surface area contributed by atoms with Gasteiger partial charge in [0.2, 0.25) is 0 Å². The monoisotopic (exact) mass is 525 g/mol. The number of benzene rings is 3. The van der Waals surface area contributed by atoms with Crippen molar-refractivity contribution in [1.82, 2.24) is 0 Å². The smallest absolute Gasteiger partial charge is 0.174 e. The lowest BCUT2D eigenvalue weighted by atomic mass is 10.2. The van der Waals surface area contributed by atoms with E-state index >= 15 is 0 Å². The normalized spacial score (nSPS) is 11.0. The molecule has 3 aromatic carbocycles. The molecule has 0 amide bonds. The minimum Gasteiger partial charge on any atom is -0.493 e. The zero-order chi connectivity index (χ0) is 20.1. The van der Waals surface area contributed by atoms with Crippen LogP contribution in [0.1, 0.15) is 16.7 Å². The summed E-state index contributed by atoms with van der Waals surface area (Å²) in [5.74, 6) is 1.36. The topological polar surface area (TPSA) is 30.8 Å². The molecule has 0 N–H and O–H groups in total. The molecule has 0 fully saturated rings. The first kappa shape index (κ1) is 21.0. The summed E-state index contributed by atoms with van der Waals surface area (Å²) in [6.07, 6.45) is 1.80. The Balaban J connectivity index is 1.81. The van der Waals surface area contributed by atoms with Crippen LogP contribution >= 0.6 is 45.8 Å². The van der Waals surface area contributed by atoms with Crippen LogP contribution in [0.15, 0.2) is 59.6 Å². The Morgan fingerprint density at radius 2 is 1.82 bits per heavy atom. The molecule has 0 radical (unpaired) electrons. The van der Waals surface area contributed by atoms with Crippen molar-refractivity contribution < 1.29 is 9.47 Å². The van der Waals surface area contributed by atoms with Crippen LogP contribution in [-0.2, 0) is 6.61 Å². The molecule has 3 rings (SSSR count). The van der Waals surface area contributed by atoms with Gasteiger partial charge in [-0.1, -0.05) is 41.4 Å². The first-order valence-electron chi connectivity index (χ1n) is 8.52. The van der Waals surface area contributed by atoms with Gasteiger partial charge in [-0.3, -0.25) is 4.99 Å². The molecule has 0 aliphatic rings. The van der Waals surface area contributed by atoms with E-state index < -0.39 is 0 Å². The number of hydrogen-bond donors (Lipinski definition) is 0. The van der Waals surface area contributed by atoms with Gasteiger partial charge in [0, 0.05) is 16.3 Å². The van der Waals surface area contributed by atoms with Gasteiger partial charge in [0.05, 0.1) is 16.4 Å². The highest BCUT2D eigenvalue weighted by Crippen LogP contribution is 2.34. The maximum absolute atomic E-state index is 6.16. The molecule has 0 spiro atoms. The molecule has 0 saturated heterocycles. The Labute approximate surface area is 188 Å². The average Bonchev–Trinajstić information content (AvgIpc) is 2.69. The second-order valence-corrected chi connectivity index (χ2v) is 8.10. The summed E-state index contributed by atoms with van der Waals surface area (Å²) < 4.78 is 12.5. The average molecular weight is 526 g/mol. The van der Waals surface area contributed by atoms with E-state index in [-0.39, 0.29) is 0 Å². The van der Waals surface area contributed by atoms with Crippen molar-refractivity contribution in [2.75, 3.05) is 7.11 Å².